The van der Waals surface area contributed by atoms with Crippen molar-refractivity contribution >= 4 is 16.8 Å². The molecule has 0 aliphatic carbocycles. The summed E-state index contributed by atoms with van der Waals surface area (Å²) in [5.41, 5.74) is -0.858. The monoisotopic (exact) mass is 221 g/mol. The van der Waals surface area contributed by atoms with Gasteiger partial charge < -0.3 is 4.74 Å². The van der Waals surface area contributed by atoms with E-state index in [0.29, 0.717) is 0 Å². The zero-order chi connectivity index (χ0) is 10.7. The smallest absolute Gasteiger partial charge is 0.266 e. The predicted octanol–water partition coefficient (Wildman–Crippen LogP) is 2.41. The predicted molar refractivity (Wildman–Crippen MR) is 45.9 cm³/mol. The van der Waals surface area contributed by atoms with Crippen LogP contribution in [0, 0.1) is 0 Å². The summed E-state index contributed by atoms with van der Waals surface area (Å²) in [6.07, 6.45) is -0.764. The van der Waals surface area contributed by atoms with E-state index in [-0.39, 0.29) is 11.3 Å². The molecule has 0 N–H and O–H groups in total. The van der Waals surface area contributed by atoms with Gasteiger partial charge in [0.25, 0.3) is 11.7 Å². The number of hydrogen-bond donors (Lipinski definition) is 0. The van der Waals surface area contributed by atoms with Crippen LogP contribution >= 0.6 is 11.6 Å². The molecule has 0 amide bonds. The van der Waals surface area contributed by atoms with Gasteiger partial charge in [0.15, 0.2) is 0 Å². The number of halogens is 3. The van der Waals surface area contributed by atoms with Crippen LogP contribution in [0.2, 0.25) is 0 Å². The zero-order valence-electron chi connectivity index (χ0n) is 7.13. The normalized spacial score (nSPS) is 10.4. The van der Waals surface area contributed by atoms with E-state index in [2.05, 4.69) is 4.98 Å². The molecule has 76 valence electrons. The number of carbonyl (C=O) groups is 1. The highest BCUT2D eigenvalue weighted by atomic mass is 35.5. The SMILES string of the molecule is COc1cncc(C(F)F)c1C(=O)Cl. The van der Waals surface area contributed by atoms with Gasteiger partial charge in [-0.05, 0) is 11.6 Å². The van der Waals surface area contributed by atoms with Crippen LogP contribution in [0.4, 0.5) is 8.78 Å². The minimum Gasteiger partial charge on any atom is -0.494 e. The van der Waals surface area contributed by atoms with Crippen molar-refractivity contribution in [1.82, 2.24) is 4.98 Å². The molecule has 1 aromatic rings. The maximum absolute atomic E-state index is 12.4. The highest BCUT2D eigenvalue weighted by Crippen LogP contribution is 2.29. The first kappa shape index (κ1) is 10.8. The van der Waals surface area contributed by atoms with E-state index in [1.54, 1.807) is 0 Å². The zero-order valence-corrected chi connectivity index (χ0v) is 7.89. The summed E-state index contributed by atoms with van der Waals surface area (Å²) in [4.78, 5) is 14.4. The van der Waals surface area contributed by atoms with Gasteiger partial charge in [0.1, 0.15) is 5.75 Å². The first-order valence-corrected chi connectivity index (χ1v) is 3.95. The molecule has 0 saturated carbocycles. The van der Waals surface area contributed by atoms with Crippen molar-refractivity contribution in [3.8, 4) is 5.75 Å². The minimum absolute atomic E-state index is 0.0530. The Labute approximate surface area is 83.7 Å². The Balaban J connectivity index is 3.35. The standard InChI is InChI=1S/C8H6ClF2NO2/c1-14-5-3-12-2-4(8(10)11)6(5)7(9)13/h2-3,8H,1H3. The average molecular weight is 222 g/mol. The van der Waals surface area contributed by atoms with E-state index < -0.39 is 17.2 Å². The molecule has 0 spiro atoms. The molecule has 0 bridgehead atoms. The van der Waals surface area contributed by atoms with Crippen LogP contribution in [0.15, 0.2) is 12.4 Å². The summed E-state index contributed by atoms with van der Waals surface area (Å²) in [7, 11) is 1.25. The van der Waals surface area contributed by atoms with Gasteiger partial charge in [-0.25, -0.2) is 8.78 Å². The van der Waals surface area contributed by atoms with E-state index in [1.165, 1.54) is 7.11 Å². The van der Waals surface area contributed by atoms with E-state index in [1.807, 2.05) is 0 Å². The summed E-state index contributed by atoms with van der Waals surface area (Å²) in [5, 5.41) is -0.987. The van der Waals surface area contributed by atoms with Gasteiger partial charge in [-0.1, -0.05) is 0 Å². The Morgan fingerprint density at radius 2 is 2.21 bits per heavy atom. The van der Waals surface area contributed by atoms with E-state index in [9.17, 15) is 13.6 Å². The Bertz CT molecular complexity index is 357. The van der Waals surface area contributed by atoms with Crippen molar-refractivity contribution in [3.05, 3.63) is 23.5 Å². The molecule has 0 radical (unpaired) electrons. The summed E-state index contributed by atoms with van der Waals surface area (Å²) in [5.74, 6) is -0.0530. The number of carbonyl (C=O) groups excluding carboxylic acids is 1. The second kappa shape index (κ2) is 4.32. The Morgan fingerprint density at radius 3 is 2.64 bits per heavy atom. The molecule has 1 aromatic heterocycles. The van der Waals surface area contributed by atoms with Crippen LogP contribution in [-0.4, -0.2) is 17.3 Å². The Kier molecular flexibility index (Phi) is 3.35. The molecule has 0 unspecified atom stereocenters. The molecule has 0 aromatic carbocycles. The molecule has 1 heterocycles. The van der Waals surface area contributed by atoms with E-state index in [0.717, 1.165) is 12.4 Å². The van der Waals surface area contributed by atoms with Gasteiger partial charge in [0.05, 0.1) is 24.4 Å². The first-order valence-electron chi connectivity index (χ1n) is 3.57. The number of aromatic nitrogens is 1. The molecule has 0 fully saturated rings. The van der Waals surface area contributed by atoms with E-state index in [4.69, 9.17) is 16.3 Å². The van der Waals surface area contributed by atoms with Crippen molar-refractivity contribution in [2.75, 3.05) is 7.11 Å². The average Bonchev–Trinajstić information content (AvgIpc) is 2.16. The van der Waals surface area contributed by atoms with Crippen molar-refractivity contribution < 1.29 is 18.3 Å². The molecular formula is C8H6ClF2NO2. The van der Waals surface area contributed by atoms with Crippen LogP contribution in [-0.2, 0) is 0 Å². The molecule has 1 rings (SSSR count). The summed E-state index contributed by atoms with van der Waals surface area (Å²) >= 11 is 5.16. The highest BCUT2D eigenvalue weighted by molar-refractivity contribution is 6.68. The van der Waals surface area contributed by atoms with Crippen LogP contribution in [0.5, 0.6) is 5.75 Å². The molecule has 0 aliphatic heterocycles. The number of hydrogen-bond acceptors (Lipinski definition) is 3. The summed E-state index contributed by atoms with van der Waals surface area (Å²) < 4.78 is 29.5. The number of methoxy groups -OCH3 is 1. The maximum atomic E-state index is 12.4. The maximum Gasteiger partial charge on any atom is 0.266 e. The number of alkyl halides is 2. The lowest BCUT2D eigenvalue weighted by molar-refractivity contribution is 0.106. The molecule has 0 aliphatic rings. The van der Waals surface area contributed by atoms with Gasteiger partial charge in [-0.3, -0.25) is 9.78 Å². The fraction of sp³-hybridized carbons (Fsp3) is 0.250. The molecule has 0 saturated heterocycles. The Hall–Kier alpha value is -1.23. The lowest BCUT2D eigenvalue weighted by Crippen LogP contribution is -2.03. The largest absolute Gasteiger partial charge is 0.494 e. The third-order valence-electron chi connectivity index (χ3n) is 1.59. The first-order chi connectivity index (χ1) is 6.57. The minimum atomic E-state index is -2.81. The second-order valence-corrected chi connectivity index (χ2v) is 2.72. The third kappa shape index (κ3) is 1.98. The highest BCUT2D eigenvalue weighted by Gasteiger charge is 2.21. The topological polar surface area (TPSA) is 39.2 Å². The van der Waals surface area contributed by atoms with Gasteiger partial charge in [0, 0.05) is 6.20 Å². The lowest BCUT2D eigenvalue weighted by Gasteiger charge is -2.08. The summed E-state index contributed by atoms with van der Waals surface area (Å²) in [6, 6.07) is 0. The van der Waals surface area contributed by atoms with Crippen molar-refractivity contribution in [2.45, 2.75) is 6.43 Å². The van der Waals surface area contributed by atoms with Gasteiger partial charge in [-0.2, -0.15) is 0 Å². The van der Waals surface area contributed by atoms with Crippen LogP contribution in [0.1, 0.15) is 22.3 Å². The molecule has 3 nitrogen and oxygen atoms in total. The van der Waals surface area contributed by atoms with Crippen LogP contribution in [0.25, 0.3) is 0 Å². The fourth-order valence-corrected chi connectivity index (χ4v) is 1.19. The molecule has 0 atom stereocenters. The lowest BCUT2D eigenvalue weighted by atomic mass is 10.1. The molecule has 14 heavy (non-hydrogen) atoms. The van der Waals surface area contributed by atoms with Crippen molar-refractivity contribution in [1.29, 1.82) is 0 Å². The van der Waals surface area contributed by atoms with Gasteiger partial charge in [0.2, 0.25) is 0 Å². The van der Waals surface area contributed by atoms with Crippen LogP contribution < -0.4 is 4.74 Å². The van der Waals surface area contributed by atoms with E-state index >= 15 is 0 Å². The fourth-order valence-electron chi connectivity index (χ4n) is 0.987. The van der Waals surface area contributed by atoms with Gasteiger partial charge >= 0.3 is 0 Å². The number of rotatable bonds is 3. The number of pyridine rings is 1. The Morgan fingerprint density at radius 1 is 1.57 bits per heavy atom. The molecule has 6 heteroatoms. The number of ether oxygens (including phenoxy) is 1. The van der Waals surface area contributed by atoms with Crippen LogP contribution in [0.3, 0.4) is 0 Å². The summed E-state index contributed by atoms with van der Waals surface area (Å²) in [6.45, 7) is 0. The molecular weight excluding hydrogens is 216 g/mol. The second-order valence-electron chi connectivity index (χ2n) is 2.38. The third-order valence-corrected chi connectivity index (χ3v) is 1.78. The van der Waals surface area contributed by atoms with Gasteiger partial charge in [-0.15, -0.1) is 0 Å². The number of nitrogens with zero attached hydrogens (tertiary/aromatic N) is 1. The van der Waals surface area contributed by atoms with Crippen molar-refractivity contribution in [3.63, 3.8) is 0 Å². The van der Waals surface area contributed by atoms with Crippen molar-refractivity contribution in [2.24, 2.45) is 0 Å². The quantitative estimate of drug-likeness (QED) is 0.736.